The van der Waals surface area contributed by atoms with Crippen LogP contribution in [-0.2, 0) is 0 Å². The molecule has 2 rings (SSSR count). The summed E-state index contributed by atoms with van der Waals surface area (Å²) in [4.78, 5) is 2.51. The highest BCUT2D eigenvalue weighted by Gasteiger charge is 2.42. The van der Waals surface area contributed by atoms with E-state index in [0.29, 0.717) is 18.5 Å². The Hall–Kier alpha value is -0.590. The Balaban J connectivity index is 1.99. The van der Waals surface area contributed by atoms with E-state index < -0.39 is 0 Å². The van der Waals surface area contributed by atoms with Crippen LogP contribution in [0.5, 0.6) is 0 Å². The average Bonchev–Trinajstić information content (AvgIpc) is 2.69. The van der Waals surface area contributed by atoms with Gasteiger partial charge in [-0.2, -0.15) is 5.26 Å². The maximum absolute atomic E-state index is 8.70. The lowest BCUT2D eigenvalue weighted by molar-refractivity contribution is 0.183. The van der Waals surface area contributed by atoms with Crippen LogP contribution in [0.3, 0.4) is 0 Å². The predicted octanol–water partition coefficient (Wildman–Crippen LogP) is 0.828. The zero-order valence-electron chi connectivity index (χ0n) is 9.03. The van der Waals surface area contributed by atoms with E-state index in [9.17, 15) is 0 Å². The van der Waals surface area contributed by atoms with Crippen molar-refractivity contribution >= 4 is 0 Å². The van der Waals surface area contributed by atoms with Crippen LogP contribution in [0.2, 0.25) is 0 Å². The molecule has 3 nitrogen and oxygen atoms in total. The molecule has 14 heavy (non-hydrogen) atoms. The van der Waals surface area contributed by atoms with Crippen LogP contribution in [0.15, 0.2) is 0 Å². The maximum Gasteiger partial charge on any atom is 0.0638 e. The smallest absolute Gasteiger partial charge is 0.0638 e. The van der Waals surface area contributed by atoms with E-state index in [4.69, 9.17) is 5.26 Å². The first kappa shape index (κ1) is 9.95. The molecule has 78 valence electrons. The minimum absolute atomic E-state index is 0.431. The molecule has 0 amide bonds. The molecule has 0 aliphatic carbocycles. The Morgan fingerprint density at radius 2 is 2.36 bits per heavy atom. The molecule has 2 saturated heterocycles. The van der Waals surface area contributed by atoms with E-state index in [1.54, 1.807) is 0 Å². The summed E-state index contributed by atoms with van der Waals surface area (Å²) >= 11 is 0. The van der Waals surface area contributed by atoms with Crippen LogP contribution in [0.1, 0.15) is 20.3 Å². The minimum Gasteiger partial charge on any atom is -0.316 e. The van der Waals surface area contributed by atoms with Crippen molar-refractivity contribution in [2.24, 2.45) is 11.8 Å². The zero-order valence-corrected chi connectivity index (χ0v) is 9.03. The molecule has 0 saturated carbocycles. The second-order valence-electron chi connectivity index (χ2n) is 4.73. The van der Waals surface area contributed by atoms with Gasteiger partial charge < -0.3 is 5.32 Å². The van der Waals surface area contributed by atoms with Gasteiger partial charge in [-0.1, -0.05) is 0 Å². The van der Waals surface area contributed by atoms with Gasteiger partial charge in [0.25, 0.3) is 0 Å². The molecular formula is C11H19N3. The highest BCUT2D eigenvalue weighted by molar-refractivity contribution is 4.99. The van der Waals surface area contributed by atoms with Gasteiger partial charge in [0.05, 0.1) is 12.5 Å². The number of rotatable bonds is 2. The molecule has 2 aliphatic heterocycles. The molecule has 0 aromatic heterocycles. The number of nitriles is 1. The van der Waals surface area contributed by atoms with Crippen molar-refractivity contribution in [1.29, 1.82) is 5.26 Å². The summed E-state index contributed by atoms with van der Waals surface area (Å²) in [5.41, 5.74) is 0. The third kappa shape index (κ3) is 1.53. The van der Waals surface area contributed by atoms with Crippen molar-refractivity contribution in [3.05, 3.63) is 0 Å². The third-order valence-electron chi connectivity index (χ3n) is 3.93. The van der Waals surface area contributed by atoms with Crippen molar-refractivity contribution in [3.8, 4) is 6.07 Å². The number of likely N-dealkylation sites (tertiary alicyclic amines) is 1. The normalized spacial score (nSPS) is 39.4. The summed E-state index contributed by atoms with van der Waals surface area (Å²) in [5.74, 6) is 1.64. The number of fused-ring (bicyclic) bond motifs is 1. The Morgan fingerprint density at radius 1 is 1.57 bits per heavy atom. The van der Waals surface area contributed by atoms with Crippen molar-refractivity contribution in [1.82, 2.24) is 10.2 Å². The van der Waals surface area contributed by atoms with Gasteiger partial charge in [0.1, 0.15) is 0 Å². The lowest BCUT2D eigenvalue weighted by Crippen LogP contribution is -2.39. The van der Waals surface area contributed by atoms with Gasteiger partial charge in [0, 0.05) is 18.6 Å². The lowest BCUT2D eigenvalue weighted by atomic mass is 9.95. The molecule has 1 N–H and O–H groups in total. The second kappa shape index (κ2) is 3.88. The summed E-state index contributed by atoms with van der Waals surface area (Å²) < 4.78 is 0. The van der Waals surface area contributed by atoms with Crippen molar-refractivity contribution in [2.45, 2.75) is 32.4 Å². The second-order valence-corrected chi connectivity index (χ2v) is 4.73. The van der Waals surface area contributed by atoms with Crippen LogP contribution < -0.4 is 5.32 Å². The molecule has 0 aromatic carbocycles. The number of nitrogens with zero attached hydrogens (tertiary/aromatic N) is 2. The van der Waals surface area contributed by atoms with Gasteiger partial charge in [-0.15, -0.1) is 0 Å². The summed E-state index contributed by atoms with van der Waals surface area (Å²) in [6.07, 6.45) is 0.664. The van der Waals surface area contributed by atoms with Crippen LogP contribution in [0.25, 0.3) is 0 Å². The van der Waals surface area contributed by atoms with Crippen LogP contribution in [-0.4, -0.2) is 36.6 Å². The highest BCUT2D eigenvalue weighted by Crippen LogP contribution is 2.33. The first-order chi connectivity index (χ1) is 6.74. The topological polar surface area (TPSA) is 39.1 Å². The van der Waals surface area contributed by atoms with E-state index in [1.165, 1.54) is 19.6 Å². The van der Waals surface area contributed by atoms with Gasteiger partial charge in [-0.3, -0.25) is 4.90 Å². The fourth-order valence-electron chi connectivity index (χ4n) is 3.03. The molecule has 2 aliphatic rings. The lowest BCUT2D eigenvalue weighted by Gasteiger charge is -2.29. The minimum atomic E-state index is 0.431. The molecular weight excluding hydrogens is 174 g/mol. The number of hydrogen-bond donors (Lipinski definition) is 1. The quantitative estimate of drug-likeness (QED) is 0.706. The highest BCUT2D eigenvalue weighted by atomic mass is 15.2. The fraction of sp³-hybridized carbons (Fsp3) is 0.909. The van der Waals surface area contributed by atoms with Crippen LogP contribution in [0.4, 0.5) is 0 Å². The SMILES string of the molecule is CC(CC#N)N1CC2CNCC2C1C. The van der Waals surface area contributed by atoms with Crippen molar-refractivity contribution < 1.29 is 0 Å². The molecule has 4 unspecified atom stereocenters. The molecule has 2 heterocycles. The van der Waals surface area contributed by atoms with Gasteiger partial charge in [0.2, 0.25) is 0 Å². The van der Waals surface area contributed by atoms with Gasteiger partial charge >= 0.3 is 0 Å². The van der Waals surface area contributed by atoms with E-state index in [-0.39, 0.29) is 0 Å². The van der Waals surface area contributed by atoms with E-state index in [2.05, 4.69) is 30.1 Å². The zero-order chi connectivity index (χ0) is 10.1. The largest absolute Gasteiger partial charge is 0.316 e. The van der Waals surface area contributed by atoms with Crippen LogP contribution in [0, 0.1) is 23.2 Å². The fourth-order valence-corrected chi connectivity index (χ4v) is 3.03. The van der Waals surface area contributed by atoms with Gasteiger partial charge in [-0.05, 0) is 38.8 Å². The summed E-state index contributed by atoms with van der Waals surface area (Å²) in [7, 11) is 0. The Morgan fingerprint density at radius 3 is 3.00 bits per heavy atom. The van der Waals surface area contributed by atoms with E-state index >= 15 is 0 Å². The monoisotopic (exact) mass is 193 g/mol. The molecule has 3 heteroatoms. The maximum atomic E-state index is 8.70. The first-order valence-electron chi connectivity index (χ1n) is 5.57. The van der Waals surface area contributed by atoms with Crippen LogP contribution >= 0.6 is 0 Å². The summed E-state index contributed by atoms with van der Waals surface area (Å²) in [6, 6.07) is 3.36. The molecule has 0 bridgehead atoms. The summed E-state index contributed by atoms with van der Waals surface area (Å²) in [6.45, 7) is 8.01. The van der Waals surface area contributed by atoms with E-state index in [1.807, 2.05) is 0 Å². The Kier molecular flexibility index (Phi) is 2.76. The predicted molar refractivity (Wildman–Crippen MR) is 55.7 cm³/mol. The number of hydrogen-bond acceptors (Lipinski definition) is 3. The van der Waals surface area contributed by atoms with Gasteiger partial charge in [-0.25, -0.2) is 0 Å². The third-order valence-corrected chi connectivity index (χ3v) is 3.93. The van der Waals surface area contributed by atoms with Crippen molar-refractivity contribution in [2.75, 3.05) is 19.6 Å². The van der Waals surface area contributed by atoms with Crippen molar-refractivity contribution in [3.63, 3.8) is 0 Å². The summed E-state index contributed by atoms with van der Waals surface area (Å²) in [5, 5.41) is 12.2. The van der Waals surface area contributed by atoms with Gasteiger partial charge in [0.15, 0.2) is 0 Å². The Labute approximate surface area is 86.1 Å². The first-order valence-corrected chi connectivity index (χ1v) is 5.57. The Bertz CT molecular complexity index is 245. The van der Waals surface area contributed by atoms with E-state index in [0.717, 1.165) is 11.8 Å². The molecule has 0 radical (unpaired) electrons. The molecule has 0 spiro atoms. The molecule has 0 aromatic rings. The molecule has 4 atom stereocenters. The standard InChI is InChI=1S/C11H19N3/c1-8(3-4-12)14-7-10-5-13-6-11(10)9(14)2/h8-11,13H,3,5-7H2,1-2H3. The number of nitrogens with one attached hydrogen (secondary N) is 1. The average molecular weight is 193 g/mol. The molecule has 2 fully saturated rings.